The van der Waals surface area contributed by atoms with E-state index in [1.807, 2.05) is 6.92 Å². The SMILES string of the molecule is CCOCCCN1C(=O)c2[nH]nc(-c3ccccc3O)c2C1c1ccc(F)cc1. The molecule has 1 aromatic heterocycles. The van der Waals surface area contributed by atoms with Gasteiger partial charge in [-0.25, -0.2) is 4.39 Å². The fourth-order valence-electron chi connectivity index (χ4n) is 3.78. The average Bonchev–Trinajstić information content (AvgIpc) is 3.26. The lowest BCUT2D eigenvalue weighted by Crippen LogP contribution is -2.31. The Morgan fingerprint density at radius 1 is 1.21 bits per heavy atom. The van der Waals surface area contributed by atoms with Crippen LogP contribution in [0.5, 0.6) is 5.75 Å². The number of H-pyrrole nitrogens is 1. The number of aromatic nitrogens is 2. The zero-order valence-corrected chi connectivity index (χ0v) is 16.1. The van der Waals surface area contributed by atoms with Crippen LogP contribution in [0.4, 0.5) is 4.39 Å². The van der Waals surface area contributed by atoms with Crippen LogP contribution in [0.1, 0.15) is 41.0 Å². The lowest BCUT2D eigenvalue weighted by molar-refractivity contribution is 0.0710. The lowest BCUT2D eigenvalue weighted by atomic mass is 9.95. The van der Waals surface area contributed by atoms with Crippen molar-refractivity contribution in [1.82, 2.24) is 15.1 Å². The van der Waals surface area contributed by atoms with Gasteiger partial charge in [-0.3, -0.25) is 9.89 Å². The summed E-state index contributed by atoms with van der Waals surface area (Å²) in [6.07, 6.45) is 0.681. The number of carbonyl (C=O) groups is 1. The summed E-state index contributed by atoms with van der Waals surface area (Å²) in [7, 11) is 0. The molecule has 1 unspecified atom stereocenters. The van der Waals surface area contributed by atoms with Gasteiger partial charge in [0.1, 0.15) is 23.0 Å². The van der Waals surface area contributed by atoms with Crippen LogP contribution in [0, 0.1) is 5.82 Å². The van der Waals surface area contributed by atoms with E-state index in [9.17, 15) is 14.3 Å². The molecule has 29 heavy (non-hydrogen) atoms. The van der Waals surface area contributed by atoms with Crippen molar-refractivity contribution in [2.75, 3.05) is 19.8 Å². The molecule has 0 spiro atoms. The van der Waals surface area contributed by atoms with Crippen molar-refractivity contribution in [2.45, 2.75) is 19.4 Å². The molecule has 6 nitrogen and oxygen atoms in total. The number of phenols is 1. The smallest absolute Gasteiger partial charge is 0.273 e. The number of hydrogen-bond acceptors (Lipinski definition) is 4. The fourth-order valence-corrected chi connectivity index (χ4v) is 3.78. The van der Waals surface area contributed by atoms with E-state index in [4.69, 9.17) is 4.74 Å². The summed E-state index contributed by atoms with van der Waals surface area (Å²) in [5.74, 6) is -0.420. The van der Waals surface area contributed by atoms with Gasteiger partial charge >= 0.3 is 0 Å². The topological polar surface area (TPSA) is 78.5 Å². The van der Waals surface area contributed by atoms with Gasteiger partial charge < -0.3 is 14.7 Å². The van der Waals surface area contributed by atoms with Crippen LogP contribution >= 0.6 is 0 Å². The van der Waals surface area contributed by atoms with E-state index < -0.39 is 6.04 Å². The second-order valence-corrected chi connectivity index (χ2v) is 6.88. The molecule has 1 amide bonds. The number of fused-ring (bicyclic) bond motifs is 1. The number of nitrogens with one attached hydrogen (secondary N) is 1. The van der Waals surface area contributed by atoms with Crippen molar-refractivity contribution in [1.29, 1.82) is 0 Å². The first kappa shape index (κ1) is 19.1. The Hall–Kier alpha value is -3.19. The maximum absolute atomic E-state index is 13.5. The van der Waals surface area contributed by atoms with Crippen molar-refractivity contribution >= 4 is 5.91 Å². The van der Waals surface area contributed by atoms with E-state index >= 15 is 0 Å². The van der Waals surface area contributed by atoms with Crippen LogP contribution in [0.3, 0.4) is 0 Å². The van der Waals surface area contributed by atoms with E-state index in [2.05, 4.69) is 10.2 Å². The number of aromatic hydroxyl groups is 1. The highest BCUT2D eigenvalue weighted by Gasteiger charge is 2.42. The van der Waals surface area contributed by atoms with E-state index in [1.54, 1.807) is 41.3 Å². The molecule has 2 heterocycles. The number of ether oxygens (including phenoxy) is 1. The van der Waals surface area contributed by atoms with E-state index in [-0.39, 0.29) is 17.5 Å². The predicted molar refractivity (Wildman–Crippen MR) is 106 cm³/mol. The molecule has 1 atom stereocenters. The van der Waals surface area contributed by atoms with Crippen molar-refractivity contribution in [2.24, 2.45) is 0 Å². The minimum atomic E-state index is -0.423. The number of nitrogens with zero attached hydrogens (tertiary/aromatic N) is 2. The van der Waals surface area contributed by atoms with Crippen LogP contribution in [0.15, 0.2) is 48.5 Å². The van der Waals surface area contributed by atoms with Crippen molar-refractivity contribution < 1.29 is 19.0 Å². The molecule has 0 saturated heterocycles. The van der Waals surface area contributed by atoms with Crippen LogP contribution in [0.2, 0.25) is 0 Å². The third-order valence-electron chi connectivity index (χ3n) is 5.10. The predicted octanol–water partition coefficient (Wildman–Crippen LogP) is 3.89. The summed E-state index contributed by atoms with van der Waals surface area (Å²) < 4.78 is 18.9. The van der Waals surface area contributed by atoms with Crippen LogP contribution in [-0.4, -0.2) is 45.9 Å². The Balaban J connectivity index is 1.78. The molecule has 0 radical (unpaired) electrons. The second kappa shape index (κ2) is 8.05. The quantitative estimate of drug-likeness (QED) is 0.595. The zero-order chi connectivity index (χ0) is 20.4. The minimum absolute atomic E-state index is 0.0851. The fraction of sp³-hybridized carbons (Fsp3) is 0.273. The Morgan fingerprint density at radius 3 is 2.69 bits per heavy atom. The molecule has 2 N–H and O–H groups in total. The number of phenolic OH excluding ortho intramolecular Hbond substituents is 1. The number of para-hydroxylation sites is 1. The van der Waals surface area contributed by atoms with Gasteiger partial charge in [-0.2, -0.15) is 5.10 Å². The normalized spacial score (nSPS) is 15.7. The molecule has 0 aliphatic carbocycles. The second-order valence-electron chi connectivity index (χ2n) is 6.88. The number of rotatable bonds is 7. The van der Waals surface area contributed by atoms with Gasteiger partial charge in [0.05, 0.1) is 6.04 Å². The zero-order valence-electron chi connectivity index (χ0n) is 16.1. The molecule has 2 aromatic carbocycles. The number of hydrogen-bond donors (Lipinski definition) is 2. The first-order chi connectivity index (χ1) is 14.1. The van der Waals surface area contributed by atoms with E-state index in [0.29, 0.717) is 48.7 Å². The highest BCUT2D eigenvalue weighted by molar-refractivity contribution is 6.00. The molecule has 4 rings (SSSR count). The number of amides is 1. The van der Waals surface area contributed by atoms with E-state index in [0.717, 1.165) is 5.56 Å². The van der Waals surface area contributed by atoms with Gasteiger partial charge in [0.15, 0.2) is 0 Å². The van der Waals surface area contributed by atoms with Crippen molar-refractivity contribution in [3.8, 4) is 17.0 Å². The summed E-state index contributed by atoms with van der Waals surface area (Å²) in [4.78, 5) is 14.9. The lowest BCUT2D eigenvalue weighted by Gasteiger charge is -2.26. The summed E-state index contributed by atoms with van der Waals surface area (Å²) in [6, 6.07) is 12.6. The molecule has 0 bridgehead atoms. The Labute approximate surface area is 167 Å². The molecule has 7 heteroatoms. The highest BCUT2D eigenvalue weighted by atomic mass is 19.1. The van der Waals surface area contributed by atoms with Crippen LogP contribution in [-0.2, 0) is 4.74 Å². The molecule has 150 valence electrons. The molecular weight excluding hydrogens is 373 g/mol. The first-order valence-electron chi connectivity index (χ1n) is 9.62. The number of halogens is 1. The molecule has 1 aliphatic rings. The average molecular weight is 395 g/mol. The summed E-state index contributed by atoms with van der Waals surface area (Å²) in [6.45, 7) is 3.59. The highest BCUT2D eigenvalue weighted by Crippen LogP contribution is 2.44. The number of benzene rings is 2. The van der Waals surface area contributed by atoms with Gasteiger partial charge in [0.25, 0.3) is 5.91 Å². The molecule has 1 aliphatic heterocycles. The Kier molecular flexibility index (Phi) is 5.31. The molecule has 0 saturated carbocycles. The Bertz CT molecular complexity index is 1020. The van der Waals surface area contributed by atoms with Gasteiger partial charge in [-0.05, 0) is 43.2 Å². The molecule has 0 fully saturated rings. The largest absolute Gasteiger partial charge is 0.507 e. The molecular formula is C22H22FN3O3. The minimum Gasteiger partial charge on any atom is -0.507 e. The van der Waals surface area contributed by atoms with E-state index in [1.165, 1.54) is 12.1 Å². The standard InChI is InChI=1S/C22H22FN3O3/c1-2-29-13-5-12-26-21(14-8-10-15(23)11-9-14)18-19(24-25-20(18)22(26)28)16-6-3-4-7-17(16)27/h3-4,6-11,21,27H,2,5,12-13H2,1H3,(H,24,25). The summed E-state index contributed by atoms with van der Waals surface area (Å²) in [5, 5.41) is 17.5. The third kappa shape index (κ3) is 3.49. The monoisotopic (exact) mass is 395 g/mol. The van der Waals surface area contributed by atoms with Crippen molar-refractivity contribution in [3.05, 3.63) is 71.2 Å². The number of aromatic amines is 1. The van der Waals surface area contributed by atoms with Gasteiger partial charge in [-0.15, -0.1) is 0 Å². The maximum Gasteiger partial charge on any atom is 0.273 e. The van der Waals surface area contributed by atoms with Gasteiger partial charge in [0.2, 0.25) is 0 Å². The maximum atomic E-state index is 13.5. The van der Waals surface area contributed by atoms with Crippen LogP contribution < -0.4 is 0 Å². The third-order valence-corrected chi connectivity index (χ3v) is 5.10. The van der Waals surface area contributed by atoms with Crippen LogP contribution in [0.25, 0.3) is 11.3 Å². The van der Waals surface area contributed by atoms with Gasteiger partial charge in [0, 0.05) is 30.9 Å². The first-order valence-corrected chi connectivity index (χ1v) is 9.62. The Morgan fingerprint density at radius 2 is 1.97 bits per heavy atom. The van der Waals surface area contributed by atoms with Gasteiger partial charge in [-0.1, -0.05) is 24.3 Å². The molecule has 3 aromatic rings. The number of carbonyl (C=O) groups excluding carboxylic acids is 1. The summed E-state index contributed by atoms with van der Waals surface area (Å²) >= 11 is 0. The van der Waals surface area contributed by atoms with Crippen molar-refractivity contribution in [3.63, 3.8) is 0 Å². The summed E-state index contributed by atoms with van der Waals surface area (Å²) in [5.41, 5.74) is 2.94.